The number of hydrogen-bond donors (Lipinski definition) is 1. The van der Waals surface area contributed by atoms with Crippen molar-refractivity contribution in [2.24, 2.45) is 5.92 Å². The first-order valence-electron chi connectivity index (χ1n) is 7.67. The Morgan fingerprint density at radius 2 is 1.85 bits per heavy atom. The Kier molecular flexibility index (Phi) is 5.60. The zero-order valence-corrected chi connectivity index (χ0v) is 12.6. The fraction of sp³-hybridized carbons (Fsp3) is 0.588. The van der Waals surface area contributed by atoms with Crippen LogP contribution < -0.4 is 5.32 Å². The lowest BCUT2D eigenvalue weighted by atomic mass is 9.89. The quantitative estimate of drug-likeness (QED) is 0.895. The molecule has 110 valence electrons. The van der Waals surface area contributed by atoms with Gasteiger partial charge in [-0.15, -0.1) is 0 Å². The van der Waals surface area contributed by atoms with E-state index in [-0.39, 0.29) is 11.9 Å². The minimum atomic E-state index is -0.195. The van der Waals surface area contributed by atoms with E-state index in [9.17, 15) is 4.79 Å². The van der Waals surface area contributed by atoms with Crippen molar-refractivity contribution in [1.82, 2.24) is 10.2 Å². The molecule has 1 saturated carbocycles. The van der Waals surface area contributed by atoms with Gasteiger partial charge in [0.25, 0.3) is 0 Å². The summed E-state index contributed by atoms with van der Waals surface area (Å²) in [7, 11) is 3.91. The summed E-state index contributed by atoms with van der Waals surface area (Å²) < 4.78 is 0. The van der Waals surface area contributed by atoms with E-state index in [0.717, 1.165) is 12.1 Å². The van der Waals surface area contributed by atoms with Gasteiger partial charge < -0.3 is 5.32 Å². The Bertz CT molecular complexity index is 410. The molecule has 1 amide bonds. The lowest BCUT2D eigenvalue weighted by Crippen LogP contribution is -2.39. The molecule has 2 rings (SSSR count). The SMILES string of the molecule is CN(C)[C@H](C(=O)NCC1CCCCC1)c1ccccc1. The van der Waals surface area contributed by atoms with Crippen molar-refractivity contribution in [1.29, 1.82) is 0 Å². The number of likely N-dealkylation sites (N-methyl/N-ethyl adjacent to an activating group) is 1. The molecule has 0 bridgehead atoms. The molecule has 0 unspecified atom stereocenters. The second kappa shape index (κ2) is 7.44. The van der Waals surface area contributed by atoms with Gasteiger partial charge in [-0.3, -0.25) is 9.69 Å². The Morgan fingerprint density at radius 1 is 1.20 bits per heavy atom. The fourth-order valence-electron chi connectivity index (χ4n) is 3.05. The van der Waals surface area contributed by atoms with Crippen LogP contribution in [0.4, 0.5) is 0 Å². The summed E-state index contributed by atoms with van der Waals surface area (Å²) in [6.45, 7) is 0.829. The van der Waals surface area contributed by atoms with Crippen molar-refractivity contribution < 1.29 is 4.79 Å². The molecule has 3 nitrogen and oxygen atoms in total. The Labute approximate surface area is 122 Å². The van der Waals surface area contributed by atoms with Gasteiger partial charge >= 0.3 is 0 Å². The van der Waals surface area contributed by atoms with Crippen molar-refractivity contribution in [2.45, 2.75) is 38.1 Å². The molecule has 0 radical (unpaired) electrons. The van der Waals surface area contributed by atoms with Gasteiger partial charge in [0.2, 0.25) is 5.91 Å². The van der Waals surface area contributed by atoms with E-state index in [4.69, 9.17) is 0 Å². The molecule has 0 saturated heterocycles. The van der Waals surface area contributed by atoms with Crippen molar-refractivity contribution in [3.05, 3.63) is 35.9 Å². The van der Waals surface area contributed by atoms with Crippen LogP contribution in [0.2, 0.25) is 0 Å². The topological polar surface area (TPSA) is 32.3 Å². The van der Waals surface area contributed by atoms with Crippen molar-refractivity contribution in [3.63, 3.8) is 0 Å². The van der Waals surface area contributed by atoms with Gasteiger partial charge in [0, 0.05) is 6.54 Å². The number of carbonyl (C=O) groups excluding carboxylic acids is 1. The van der Waals surface area contributed by atoms with Gasteiger partial charge in [-0.25, -0.2) is 0 Å². The molecule has 1 aromatic rings. The number of nitrogens with one attached hydrogen (secondary N) is 1. The van der Waals surface area contributed by atoms with Gasteiger partial charge in [-0.1, -0.05) is 49.6 Å². The summed E-state index contributed by atoms with van der Waals surface area (Å²) in [5.74, 6) is 0.790. The van der Waals surface area contributed by atoms with Gasteiger partial charge in [0.05, 0.1) is 0 Å². The second-order valence-corrected chi connectivity index (χ2v) is 6.03. The van der Waals surface area contributed by atoms with Gasteiger partial charge in [0.1, 0.15) is 6.04 Å². The number of nitrogens with zero attached hydrogens (tertiary/aromatic N) is 1. The lowest BCUT2D eigenvalue weighted by molar-refractivity contribution is -0.126. The average molecular weight is 274 g/mol. The number of carbonyl (C=O) groups is 1. The summed E-state index contributed by atoms with van der Waals surface area (Å²) in [5.41, 5.74) is 1.05. The molecular weight excluding hydrogens is 248 g/mol. The summed E-state index contributed by atoms with van der Waals surface area (Å²) in [6, 6.07) is 9.80. The van der Waals surface area contributed by atoms with Crippen LogP contribution in [0.15, 0.2) is 30.3 Å². The molecule has 1 aliphatic rings. The van der Waals surface area contributed by atoms with E-state index in [1.165, 1.54) is 32.1 Å². The molecule has 1 N–H and O–H groups in total. The third kappa shape index (κ3) is 4.07. The molecular formula is C17H26N2O. The van der Waals surface area contributed by atoms with Crippen molar-refractivity contribution in [2.75, 3.05) is 20.6 Å². The molecule has 20 heavy (non-hydrogen) atoms. The molecule has 0 spiro atoms. The maximum absolute atomic E-state index is 12.5. The van der Waals surface area contributed by atoms with Crippen LogP contribution in [0.5, 0.6) is 0 Å². The Balaban J connectivity index is 1.93. The molecule has 1 fully saturated rings. The van der Waals surface area contributed by atoms with Crippen LogP contribution in [0.1, 0.15) is 43.7 Å². The zero-order valence-electron chi connectivity index (χ0n) is 12.6. The van der Waals surface area contributed by atoms with E-state index in [1.807, 2.05) is 49.3 Å². The second-order valence-electron chi connectivity index (χ2n) is 6.03. The van der Waals surface area contributed by atoms with Crippen LogP contribution in [0.25, 0.3) is 0 Å². The van der Waals surface area contributed by atoms with Crippen LogP contribution in [0.3, 0.4) is 0 Å². The normalized spacial score (nSPS) is 17.9. The lowest BCUT2D eigenvalue weighted by Gasteiger charge is -2.26. The standard InChI is InChI=1S/C17H26N2O/c1-19(2)16(15-11-7-4-8-12-15)17(20)18-13-14-9-5-3-6-10-14/h4,7-8,11-12,14,16H,3,5-6,9-10,13H2,1-2H3,(H,18,20)/t16-/m0/s1. The average Bonchev–Trinajstić information content (AvgIpc) is 2.47. The first kappa shape index (κ1) is 15.0. The molecule has 1 aromatic carbocycles. The van der Waals surface area contributed by atoms with Crippen molar-refractivity contribution >= 4 is 5.91 Å². The van der Waals surface area contributed by atoms with E-state index in [1.54, 1.807) is 0 Å². The molecule has 1 atom stereocenters. The number of amides is 1. The van der Waals surface area contributed by atoms with E-state index in [2.05, 4.69) is 5.32 Å². The summed E-state index contributed by atoms with van der Waals surface area (Å²) in [5, 5.41) is 3.15. The van der Waals surface area contributed by atoms with Crippen molar-refractivity contribution in [3.8, 4) is 0 Å². The highest BCUT2D eigenvalue weighted by Gasteiger charge is 2.23. The Morgan fingerprint density at radius 3 is 2.45 bits per heavy atom. The predicted molar refractivity (Wildman–Crippen MR) is 82.5 cm³/mol. The van der Waals surface area contributed by atoms with Crippen LogP contribution in [-0.4, -0.2) is 31.4 Å². The molecule has 0 aliphatic heterocycles. The Hall–Kier alpha value is -1.35. The predicted octanol–water partition coefficient (Wildman–Crippen LogP) is 2.99. The number of rotatable bonds is 5. The van der Waals surface area contributed by atoms with Crippen LogP contribution in [0, 0.1) is 5.92 Å². The van der Waals surface area contributed by atoms with Crippen LogP contribution >= 0.6 is 0 Å². The van der Waals surface area contributed by atoms with Gasteiger partial charge in [-0.05, 0) is 38.4 Å². The summed E-state index contributed by atoms with van der Waals surface area (Å²) in [4.78, 5) is 14.5. The van der Waals surface area contributed by atoms with Gasteiger partial charge in [-0.2, -0.15) is 0 Å². The highest BCUT2D eigenvalue weighted by molar-refractivity contribution is 5.83. The number of hydrogen-bond acceptors (Lipinski definition) is 2. The summed E-state index contributed by atoms with van der Waals surface area (Å²) >= 11 is 0. The van der Waals surface area contributed by atoms with E-state index in [0.29, 0.717) is 5.92 Å². The van der Waals surface area contributed by atoms with E-state index >= 15 is 0 Å². The molecule has 0 aromatic heterocycles. The summed E-state index contributed by atoms with van der Waals surface area (Å²) in [6.07, 6.45) is 6.51. The largest absolute Gasteiger partial charge is 0.354 e. The fourth-order valence-corrected chi connectivity index (χ4v) is 3.05. The maximum Gasteiger partial charge on any atom is 0.241 e. The minimum absolute atomic E-state index is 0.117. The minimum Gasteiger partial charge on any atom is -0.354 e. The third-order valence-corrected chi connectivity index (χ3v) is 4.17. The molecule has 1 aliphatic carbocycles. The van der Waals surface area contributed by atoms with Crippen LogP contribution in [-0.2, 0) is 4.79 Å². The molecule has 3 heteroatoms. The van der Waals surface area contributed by atoms with Gasteiger partial charge in [0.15, 0.2) is 0 Å². The molecule has 0 heterocycles. The first-order chi connectivity index (χ1) is 9.68. The first-order valence-corrected chi connectivity index (χ1v) is 7.67. The van der Waals surface area contributed by atoms with E-state index < -0.39 is 0 Å². The highest BCUT2D eigenvalue weighted by atomic mass is 16.2. The smallest absolute Gasteiger partial charge is 0.241 e. The number of benzene rings is 1. The zero-order chi connectivity index (χ0) is 14.4. The monoisotopic (exact) mass is 274 g/mol. The highest BCUT2D eigenvalue weighted by Crippen LogP contribution is 2.23. The maximum atomic E-state index is 12.5. The third-order valence-electron chi connectivity index (χ3n) is 4.17.